The summed E-state index contributed by atoms with van der Waals surface area (Å²) in [5.74, 6) is -0.334. The van der Waals surface area contributed by atoms with E-state index in [1.807, 2.05) is 0 Å². The molecule has 0 aliphatic carbocycles. The van der Waals surface area contributed by atoms with Gasteiger partial charge in [0.25, 0.3) is 0 Å². The molecule has 0 heterocycles. The largest absolute Gasteiger partial charge is 0.275 e. The number of nitrogens with zero attached hydrogens (tertiary/aromatic N) is 1. The molecule has 0 bridgehead atoms. The second-order valence-corrected chi connectivity index (χ2v) is 5.89. The standard InChI is InChI=1S/C13H7BrCl3FN2/c14-9-3-7(1-2-12(9)18)6-19-20-13-10(16)4-8(15)5-11(13)17/h1-6,20H/b19-6+. The Morgan fingerprint density at radius 3 is 2.35 bits per heavy atom. The molecule has 0 radical (unpaired) electrons. The lowest BCUT2D eigenvalue weighted by Gasteiger charge is -2.06. The number of halogens is 5. The molecule has 0 atom stereocenters. The van der Waals surface area contributed by atoms with Gasteiger partial charge in [-0.15, -0.1) is 0 Å². The quantitative estimate of drug-likeness (QED) is 0.500. The number of rotatable bonds is 3. The topological polar surface area (TPSA) is 24.4 Å². The minimum atomic E-state index is -0.334. The Kier molecular flexibility index (Phi) is 5.27. The maximum absolute atomic E-state index is 13.1. The molecule has 20 heavy (non-hydrogen) atoms. The van der Waals surface area contributed by atoms with Crippen molar-refractivity contribution < 1.29 is 4.39 Å². The van der Waals surface area contributed by atoms with Gasteiger partial charge >= 0.3 is 0 Å². The van der Waals surface area contributed by atoms with Gasteiger partial charge in [0.2, 0.25) is 0 Å². The van der Waals surface area contributed by atoms with E-state index in [1.165, 1.54) is 12.3 Å². The van der Waals surface area contributed by atoms with Crippen LogP contribution in [0.3, 0.4) is 0 Å². The van der Waals surface area contributed by atoms with Crippen LogP contribution in [0.4, 0.5) is 10.1 Å². The van der Waals surface area contributed by atoms with Gasteiger partial charge in [-0.05, 0) is 45.8 Å². The molecule has 0 amide bonds. The molecule has 7 heteroatoms. The van der Waals surface area contributed by atoms with Gasteiger partial charge in [0.05, 0.1) is 26.4 Å². The number of hydrazone groups is 1. The van der Waals surface area contributed by atoms with E-state index < -0.39 is 0 Å². The van der Waals surface area contributed by atoms with Gasteiger partial charge in [-0.3, -0.25) is 5.43 Å². The summed E-state index contributed by atoms with van der Waals surface area (Å²) in [6.07, 6.45) is 1.52. The van der Waals surface area contributed by atoms with Crippen molar-refractivity contribution in [2.75, 3.05) is 5.43 Å². The third kappa shape index (κ3) is 3.85. The summed E-state index contributed by atoms with van der Waals surface area (Å²) in [6, 6.07) is 7.65. The van der Waals surface area contributed by atoms with E-state index >= 15 is 0 Å². The van der Waals surface area contributed by atoms with Crippen LogP contribution >= 0.6 is 50.7 Å². The Balaban J connectivity index is 2.16. The Morgan fingerprint density at radius 1 is 1.10 bits per heavy atom. The maximum atomic E-state index is 13.1. The molecule has 2 aromatic carbocycles. The molecule has 1 N–H and O–H groups in total. The SMILES string of the molecule is Fc1ccc(/C=N/Nc2c(Cl)cc(Cl)cc2Cl)cc1Br. The van der Waals surface area contributed by atoms with E-state index in [0.29, 0.717) is 30.8 Å². The Bertz CT molecular complexity index is 654. The van der Waals surface area contributed by atoms with Gasteiger partial charge in [0.1, 0.15) is 5.82 Å². The van der Waals surface area contributed by atoms with Crippen molar-refractivity contribution in [3.8, 4) is 0 Å². The second kappa shape index (κ2) is 6.76. The first-order valence-electron chi connectivity index (χ1n) is 5.36. The van der Waals surface area contributed by atoms with Crippen LogP contribution in [0.5, 0.6) is 0 Å². The Labute approximate surface area is 138 Å². The lowest BCUT2D eigenvalue weighted by Crippen LogP contribution is -1.93. The summed E-state index contributed by atoms with van der Waals surface area (Å²) in [5.41, 5.74) is 3.90. The average molecular weight is 396 g/mol. The van der Waals surface area contributed by atoms with Crippen molar-refractivity contribution in [1.29, 1.82) is 0 Å². The highest BCUT2D eigenvalue weighted by molar-refractivity contribution is 9.10. The predicted molar refractivity (Wildman–Crippen MR) is 86.8 cm³/mol. The molecule has 0 spiro atoms. The van der Waals surface area contributed by atoms with Crippen molar-refractivity contribution in [3.63, 3.8) is 0 Å². The van der Waals surface area contributed by atoms with Crippen LogP contribution in [0.2, 0.25) is 15.1 Å². The normalized spacial score (nSPS) is 11.1. The fourth-order valence-electron chi connectivity index (χ4n) is 1.41. The molecule has 0 fully saturated rings. The highest BCUT2D eigenvalue weighted by Crippen LogP contribution is 2.33. The van der Waals surface area contributed by atoms with Crippen LogP contribution in [-0.4, -0.2) is 6.21 Å². The van der Waals surface area contributed by atoms with Crippen molar-refractivity contribution >= 4 is 62.6 Å². The lowest BCUT2D eigenvalue weighted by molar-refractivity contribution is 0.621. The zero-order valence-corrected chi connectivity index (χ0v) is 13.7. The maximum Gasteiger partial charge on any atom is 0.137 e. The minimum absolute atomic E-state index is 0.334. The number of hydrogen-bond donors (Lipinski definition) is 1. The Morgan fingerprint density at radius 2 is 1.75 bits per heavy atom. The molecular formula is C13H7BrCl3FN2. The highest BCUT2D eigenvalue weighted by atomic mass is 79.9. The first-order chi connectivity index (χ1) is 9.47. The van der Waals surface area contributed by atoms with E-state index in [0.717, 1.165) is 0 Å². The molecule has 0 aliphatic heterocycles. The summed E-state index contributed by atoms with van der Waals surface area (Å²) in [5, 5.41) is 5.17. The summed E-state index contributed by atoms with van der Waals surface area (Å²) in [6.45, 7) is 0. The van der Waals surface area contributed by atoms with E-state index in [4.69, 9.17) is 34.8 Å². The average Bonchev–Trinajstić information content (AvgIpc) is 2.36. The second-order valence-electron chi connectivity index (χ2n) is 3.79. The van der Waals surface area contributed by atoms with Crippen LogP contribution < -0.4 is 5.43 Å². The number of anilines is 1. The monoisotopic (exact) mass is 394 g/mol. The van der Waals surface area contributed by atoms with Gasteiger partial charge < -0.3 is 0 Å². The minimum Gasteiger partial charge on any atom is -0.275 e. The van der Waals surface area contributed by atoms with Crippen molar-refractivity contribution in [1.82, 2.24) is 0 Å². The molecule has 0 unspecified atom stereocenters. The number of hydrogen-bond acceptors (Lipinski definition) is 2. The molecule has 0 aromatic heterocycles. The molecule has 0 aliphatic rings. The molecule has 2 rings (SSSR count). The summed E-state index contributed by atoms with van der Waals surface area (Å²) in [4.78, 5) is 0. The van der Waals surface area contributed by atoms with Crippen LogP contribution in [0.1, 0.15) is 5.56 Å². The molecule has 2 nitrogen and oxygen atoms in total. The fraction of sp³-hybridized carbons (Fsp3) is 0. The van der Waals surface area contributed by atoms with Crippen LogP contribution in [0, 0.1) is 5.82 Å². The molecule has 104 valence electrons. The molecule has 0 saturated heterocycles. The Hall–Kier alpha value is -0.810. The molecule has 2 aromatic rings. The third-order valence-electron chi connectivity index (χ3n) is 2.34. The van der Waals surface area contributed by atoms with Gasteiger partial charge in [0, 0.05) is 5.02 Å². The zero-order chi connectivity index (χ0) is 14.7. The molecule has 0 saturated carbocycles. The van der Waals surface area contributed by atoms with Gasteiger partial charge in [-0.1, -0.05) is 40.9 Å². The summed E-state index contributed by atoms with van der Waals surface area (Å²) in [7, 11) is 0. The first kappa shape index (κ1) is 15.6. The van der Waals surface area contributed by atoms with Gasteiger partial charge in [0.15, 0.2) is 0 Å². The van der Waals surface area contributed by atoms with E-state index in [2.05, 4.69) is 26.5 Å². The first-order valence-corrected chi connectivity index (χ1v) is 7.29. The van der Waals surface area contributed by atoms with Crippen molar-refractivity contribution in [2.45, 2.75) is 0 Å². The smallest absolute Gasteiger partial charge is 0.137 e. The van der Waals surface area contributed by atoms with Gasteiger partial charge in [-0.25, -0.2) is 4.39 Å². The number of benzene rings is 2. The lowest BCUT2D eigenvalue weighted by atomic mass is 10.2. The van der Waals surface area contributed by atoms with Crippen LogP contribution in [0.25, 0.3) is 0 Å². The third-order valence-corrected chi connectivity index (χ3v) is 3.76. The fourth-order valence-corrected chi connectivity index (χ4v) is 2.71. The molecular weight excluding hydrogens is 389 g/mol. The van der Waals surface area contributed by atoms with Crippen molar-refractivity contribution in [3.05, 3.63) is 61.3 Å². The van der Waals surface area contributed by atoms with E-state index in [9.17, 15) is 4.39 Å². The zero-order valence-electron chi connectivity index (χ0n) is 9.80. The van der Waals surface area contributed by atoms with E-state index in [1.54, 1.807) is 24.3 Å². The summed E-state index contributed by atoms with van der Waals surface area (Å²) >= 11 is 20.9. The van der Waals surface area contributed by atoms with Crippen LogP contribution in [0.15, 0.2) is 39.9 Å². The predicted octanol–water partition coefficient (Wildman–Crippen LogP) is 5.99. The highest BCUT2D eigenvalue weighted by Gasteiger charge is 2.06. The van der Waals surface area contributed by atoms with Gasteiger partial charge in [-0.2, -0.15) is 5.10 Å². The summed E-state index contributed by atoms with van der Waals surface area (Å²) < 4.78 is 13.4. The number of nitrogens with one attached hydrogen (secondary N) is 1. The van der Waals surface area contributed by atoms with Crippen molar-refractivity contribution in [2.24, 2.45) is 5.10 Å². The van der Waals surface area contributed by atoms with Crippen LogP contribution in [-0.2, 0) is 0 Å². The van der Waals surface area contributed by atoms with E-state index in [-0.39, 0.29) is 5.82 Å².